The SMILES string of the molecule is CC1=CC(N(C)C)=[C-]C1C.COc1cc(O)cc(C(C)(C)C)c1.C[Si]C.Cl.Cl.[Ti]. The summed E-state index contributed by atoms with van der Waals surface area (Å²) in [5, 5.41) is 9.41. The second-order valence-corrected chi connectivity index (χ2v) is 8.70. The molecule has 0 bridgehead atoms. The molecule has 2 rings (SSSR count). The Balaban J connectivity index is -0.000000177. The Labute approximate surface area is 208 Å². The molecule has 0 spiro atoms. The van der Waals surface area contributed by atoms with E-state index in [9.17, 15) is 5.11 Å². The van der Waals surface area contributed by atoms with Crippen molar-refractivity contribution >= 4 is 34.3 Å². The first-order chi connectivity index (χ1) is 12.0. The van der Waals surface area contributed by atoms with Crippen molar-refractivity contribution in [3.63, 3.8) is 0 Å². The molecule has 1 aliphatic carbocycles. The van der Waals surface area contributed by atoms with Gasteiger partial charge in [0, 0.05) is 51.4 Å². The van der Waals surface area contributed by atoms with Crippen LogP contribution >= 0.6 is 24.8 Å². The number of rotatable bonds is 2. The van der Waals surface area contributed by atoms with Gasteiger partial charge in [-0.2, -0.15) is 11.6 Å². The first-order valence-electron chi connectivity index (χ1n) is 8.92. The molecule has 0 amide bonds. The molecule has 2 radical (unpaired) electrons. The Morgan fingerprint density at radius 3 is 1.86 bits per heavy atom. The van der Waals surface area contributed by atoms with Crippen molar-refractivity contribution in [3.05, 3.63) is 47.2 Å². The van der Waals surface area contributed by atoms with Crippen LogP contribution < -0.4 is 4.74 Å². The maximum Gasteiger partial charge on any atom is 0.122 e. The van der Waals surface area contributed by atoms with E-state index < -0.39 is 0 Å². The van der Waals surface area contributed by atoms with E-state index in [2.05, 4.69) is 64.8 Å². The van der Waals surface area contributed by atoms with Gasteiger partial charge in [0.25, 0.3) is 0 Å². The van der Waals surface area contributed by atoms with Crippen LogP contribution in [0.25, 0.3) is 0 Å². The number of hydrogen-bond donors (Lipinski definition) is 1. The van der Waals surface area contributed by atoms with Crippen molar-refractivity contribution < 1.29 is 31.6 Å². The molecule has 1 aliphatic rings. The fraction of sp³-hybridized carbons (Fsp3) is 0.545. The molecule has 1 atom stereocenters. The summed E-state index contributed by atoms with van der Waals surface area (Å²) in [6, 6.07) is 5.32. The van der Waals surface area contributed by atoms with Gasteiger partial charge in [-0.15, -0.1) is 30.5 Å². The van der Waals surface area contributed by atoms with Gasteiger partial charge in [0.15, 0.2) is 0 Å². The number of allylic oxidation sites excluding steroid dienone is 3. The Kier molecular flexibility index (Phi) is 21.5. The molecule has 3 nitrogen and oxygen atoms in total. The van der Waals surface area contributed by atoms with Gasteiger partial charge in [0.1, 0.15) is 11.5 Å². The summed E-state index contributed by atoms with van der Waals surface area (Å²) in [6.07, 6.45) is 5.54. The van der Waals surface area contributed by atoms with E-state index in [0.717, 1.165) is 15.1 Å². The van der Waals surface area contributed by atoms with Crippen molar-refractivity contribution in [1.82, 2.24) is 4.90 Å². The number of aromatic hydroxyl groups is 1. The van der Waals surface area contributed by atoms with Crippen LogP contribution in [0.5, 0.6) is 11.5 Å². The van der Waals surface area contributed by atoms with E-state index in [1.54, 1.807) is 19.2 Å². The Bertz CT molecular complexity index is 630. The largest absolute Gasteiger partial charge is 0.508 e. The monoisotopic (exact) mass is 494 g/mol. The van der Waals surface area contributed by atoms with E-state index in [-0.39, 0.29) is 57.7 Å². The molecular formula is C22H38Cl2NO2SiTi-. The molecule has 1 aromatic carbocycles. The van der Waals surface area contributed by atoms with Gasteiger partial charge in [0.2, 0.25) is 0 Å². The molecule has 0 aromatic heterocycles. The van der Waals surface area contributed by atoms with Crippen LogP contribution in [0.2, 0.25) is 13.1 Å². The third-order valence-electron chi connectivity index (χ3n) is 3.89. The van der Waals surface area contributed by atoms with Crippen molar-refractivity contribution in [2.75, 3.05) is 21.2 Å². The van der Waals surface area contributed by atoms with Crippen LogP contribution in [-0.2, 0) is 27.1 Å². The van der Waals surface area contributed by atoms with Crippen molar-refractivity contribution in [2.45, 2.75) is 53.1 Å². The smallest absolute Gasteiger partial charge is 0.122 e. The number of nitrogens with zero attached hydrogens (tertiary/aromatic N) is 1. The van der Waals surface area contributed by atoms with Gasteiger partial charge < -0.3 is 14.7 Å². The number of phenolic OH excluding ortho intramolecular Hbond substituents is 1. The number of likely N-dealkylation sites (N-methyl/N-ethyl adjacent to an activating group) is 1. The summed E-state index contributed by atoms with van der Waals surface area (Å²) in [5.74, 6) is 1.46. The molecule has 0 heterocycles. The predicted octanol–water partition coefficient (Wildman–Crippen LogP) is 6.16. The normalized spacial score (nSPS) is 14.1. The molecule has 0 aliphatic heterocycles. The molecule has 29 heavy (non-hydrogen) atoms. The minimum atomic E-state index is 0. The average Bonchev–Trinajstić information content (AvgIpc) is 2.87. The van der Waals surface area contributed by atoms with E-state index >= 15 is 0 Å². The van der Waals surface area contributed by atoms with Gasteiger partial charge in [0.05, 0.1) is 7.11 Å². The molecule has 166 valence electrons. The van der Waals surface area contributed by atoms with Crippen LogP contribution in [0, 0.1) is 12.0 Å². The number of benzene rings is 1. The first kappa shape index (κ1) is 36.0. The standard InChI is InChI=1S/C11H16O2.C9H14N.C2H6Si.2ClH.Ti/c1-11(2,3)8-5-9(12)7-10(6-8)13-4;1-7-5-9(10(3)4)6-8(7)2;1-3-2;;;/h5-7,12H,1-4H3;5,8H,1-4H3;1-2H3;2*1H;/q;-1;;;;. The van der Waals surface area contributed by atoms with Crippen LogP contribution in [0.4, 0.5) is 0 Å². The molecule has 7 heteroatoms. The van der Waals surface area contributed by atoms with Gasteiger partial charge in [-0.3, -0.25) is 0 Å². The molecule has 0 saturated heterocycles. The van der Waals surface area contributed by atoms with Crippen molar-refractivity contribution in [2.24, 2.45) is 5.92 Å². The average molecular weight is 495 g/mol. The third-order valence-corrected chi connectivity index (χ3v) is 3.89. The summed E-state index contributed by atoms with van der Waals surface area (Å²) in [7, 11) is 6.77. The van der Waals surface area contributed by atoms with Gasteiger partial charge in [-0.1, -0.05) is 53.6 Å². The Morgan fingerprint density at radius 2 is 1.59 bits per heavy atom. The van der Waals surface area contributed by atoms with Crippen LogP contribution in [-0.4, -0.2) is 40.7 Å². The number of hydrogen-bond acceptors (Lipinski definition) is 3. The van der Waals surface area contributed by atoms with E-state index in [1.807, 2.05) is 20.2 Å². The van der Waals surface area contributed by atoms with Crippen LogP contribution in [0.1, 0.15) is 40.2 Å². The number of ether oxygens (including phenoxy) is 1. The zero-order valence-corrected chi connectivity index (χ0v) is 23.7. The summed E-state index contributed by atoms with van der Waals surface area (Å²) in [4.78, 5) is 2.09. The second-order valence-electron chi connectivity index (χ2n) is 7.70. The summed E-state index contributed by atoms with van der Waals surface area (Å²) >= 11 is 0. The number of halogens is 2. The topological polar surface area (TPSA) is 32.7 Å². The first-order valence-corrected chi connectivity index (χ1v) is 10.9. The predicted molar refractivity (Wildman–Crippen MR) is 129 cm³/mol. The maximum atomic E-state index is 9.41. The minimum absolute atomic E-state index is 0. The number of methoxy groups -OCH3 is 1. The van der Waals surface area contributed by atoms with E-state index in [4.69, 9.17) is 4.74 Å². The van der Waals surface area contributed by atoms with Gasteiger partial charge >= 0.3 is 0 Å². The maximum absolute atomic E-state index is 9.41. The Hall–Kier alpha value is -0.389. The molecular weight excluding hydrogens is 457 g/mol. The molecule has 1 aromatic rings. The van der Waals surface area contributed by atoms with Crippen LogP contribution in [0.3, 0.4) is 0 Å². The van der Waals surface area contributed by atoms with Crippen LogP contribution in [0.15, 0.2) is 35.5 Å². The second kappa shape index (κ2) is 17.3. The van der Waals surface area contributed by atoms with Crippen molar-refractivity contribution in [3.8, 4) is 11.5 Å². The zero-order chi connectivity index (χ0) is 20.5. The zero-order valence-electron chi connectivity index (χ0n) is 19.5. The summed E-state index contributed by atoms with van der Waals surface area (Å²) in [5.41, 5.74) is 3.73. The fourth-order valence-electron chi connectivity index (χ4n) is 2.11. The summed E-state index contributed by atoms with van der Waals surface area (Å²) in [6.45, 7) is 14.9. The quantitative estimate of drug-likeness (QED) is 0.394. The molecule has 0 fully saturated rings. The third kappa shape index (κ3) is 14.3. The van der Waals surface area contributed by atoms with Gasteiger partial charge in [-0.25, -0.2) is 6.08 Å². The molecule has 1 unspecified atom stereocenters. The fourth-order valence-corrected chi connectivity index (χ4v) is 2.11. The van der Waals surface area contributed by atoms with E-state index in [0.29, 0.717) is 11.7 Å². The van der Waals surface area contributed by atoms with Gasteiger partial charge in [-0.05, 0) is 23.1 Å². The Morgan fingerprint density at radius 1 is 1.10 bits per heavy atom. The minimum Gasteiger partial charge on any atom is -0.508 e. The van der Waals surface area contributed by atoms with E-state index in [1.165, 1.54) is 11.3 Å². The molecule has 0 saturated carbocycles. The number of phenols is 1. The molecule has 1 N–H and O–H groups in total. The van der Waals surface area contributed by atoms with Crippen molar-refractivity contribution in [1.29, 1.82) is 0 Å². The summed E-state index contributed by atoms with van der Waals surface area (Å²) < 4.78 is 5.07.